The van der Waals surface area contributed by atoms with E-state index in [0.717, 1.165) is 30.5 Å². The van der Waals surface area contributed by atoms with Gasteiger partial charge in [-0.1, -0.05) is 18.2 Å². The molecule has 0 spiro atoms. The van der Waals surface area contributed by atoms with Crippen molar-refractivity contribution < 1.29 is 4.74 Å². The first kappa shape index (κ1) is 20.2. The summed E-state index contributed by atoms with van der Waals surface area (Å²) < 4.78 is 7.37. The fourth-order valence-corrected chi connectivity index (χ4v) is 2.19. The van der Waals surface area contributed by atoms with Crippen LogP contribution < -0.4 is 15.4 Å². The summed E-state index contributed by atoms with van der Waals surface area (Å²) in [5.41, 5.74) is 1.19. The van der Waals surface area contributed by atoms with E-state index in [0.29, 0.717) is 13.2 Å². The van der Waals surface area contributed by atoms with Crippen molar-refractivity contribution in [2.45, 2.75) is 19.9 Å². The third kappa shape index (κ3) is 5.99. The maximum absolute atomic E-state index is 5.64. The Morgan fingerprint density at radius 3 is 2.75 bits per heavy atom. The highest BCUT2D eigenvalue weighted by molar-refractivity contribution is 14.0. The van der Waals surface area contributed by atoms with Gasteiger partial charge in [-0.2, -0.15) is 5.10 Å². The average molecular weight is 444 g/mol. The number of aryl methyl sites for hydroxylation is 1. The molecule has 0 saturated heterocycles. The van der Waals surface area contributed by atoms with Crippen molar-refractivity contribution in [3.8, 4) is 5.75 Å². The van der Waals surface area contributed by atoms with Crippen molar-refractivity contribution in [1.82, 2.24) is 25.4 Å². The van der Waals surface area contributed by atoms with E-state index in [1.165, 1.54) is 11.9 Å². The van der Waals surface area contributed by atoms with Crippen LogP contribution in [0.3, 0.4) is 0 Å². The summed E-state index contributed by atoms with van der Waals surface area (Å²) in [7, 11) is 3.62. The number of nitrogens with one attached hydrogen (secondary N) is 2. The maximum atomic E-state index is 5.64. The van der Waals surface area contributed by atoms with Gasteiger partial charge in [0.1, 0.15) is 17.9 Å². The number of rotatable bonds is 7. The van der Waals surface area contributed by atoms with Gasteiger partial charge < -0.3 is 15.4 Å². The Hall–Kier alpha value is -1.84. The van der Waals surface area contributed by atoms with Gasteiger partial charge in [-0.25, -0.2) is 4.98 Å². The quantitative estimate of drug-likeness (QED) is 0.387. The molecule has 0 aliphatic heterocycles. The second-order valence-corrected chi connectivity index (χ2v) is 4.94. The number of hydrogen-bond donors (Lipinski definition) is 2. The topological polar surface area (TPSA) is 76.4 Å². The highest BCUT2D eigenvalue weighted by Gasteiger charge is 2.05. The molecule has 1 heterocycles. The lowest BCUT2D eigenvalue weighted by atomic mass is 10.1. The number of para-hydroxylation sites is 1. The smallest absolute Gasteiger partial charge is 0.191 e. The van der Waals surface area contributed by atoms with Gasteiger partial charge in [-0.15, -0.1) is 24.0 Å². The second-order valence-electron chi connectivity index (χ2n) is 4.94. The fraction of sp³-hybridized carbons (Fsp3) is 0.438. The summed E-state index contributed by atoms with van der Waals surface area (Å²) in [6.07, 6.45) is 2.40. The van der Waals surface area contributed by atoms with Gasteiger partial charge in [0, 0.05) is 20.6 Å². The largest absolute Gasteiger partial charge is 0.494 e. The molecule has 0 radical (unpaired) electrons. The van der Waals surface area contributed by atoms with E-state index >= 15 is 0 Å². The molecule has 0 unspecified atom stereocenters. The molecule has 0 fully saturated rings. The molecule has 0 amide bonds. The zero-order valence-electron chi connectivity index (χ0n) is 14.3. The van der Waals surface area contributed by atoms with Crippen LogP contribution in [0.15, 0.2) is 35.6 Å². The molecule has 1 aromatic heterocycles. The van der Waals surface area contributed by atoms with Crippen LogP contribution in [0.1, 0.15) is 18.3 Å². The van der Waals surface area contributed by atoms with Gasteiger partial charge in [-0.05, 0) is 25.0 Å². The monoisotopic (exact) mass is 444 g/mol. The van der Waals surface area contributed by atoms with E-state index in [1.807, 2.05) is 32.2 Å². The van der Waals surface area contributed by atoms with E-state index in [9.17, 15) is 0 Å². The van der Waals surface area contributed by atoms with Crippen LogP contribution in [0.2, 0.25) is 0 Å². The number of nitrogens with zero attached hydrogens (tertiary/aromatic N) is 4. The molecule has 0 aliphatic carbocycles. The normalized spacial score (nSPS) is 10.9. The van der Waals surface area contributed by atoms with Gasteiger partial charge in [0.2, 0.25) is 0 Å². The SMILES string of the molecule is CCOc1ccccc1CCNC(=NC)NCc1ncnn1C.I. The lowest BCUT2D eigenvalue weighted by molar-refractivity contribution is 0.336. The first-order chi connectivity index (χ1) is 11.2. The molecular formula is C16H25IN6O. The molecule has 24 heavy (non-hydrogen) atoms. The predicted molar refractivity (Wildman–Crippen MR) is 106 cm³/mol. The van der Waals surface area contributed by atoms with Crippen LogP contribution in [0.25, 0.3) is 0 Å². The van der Waals surface area contributed by atoms with Crippen molar-refractivity contribution in [3.63, 3.8) is 0 Å². The number of benzene rings is 1. The Morgan fingerprint density at radius 1 is 1.29 bits per heavy atom. The Morgan fingerprint density at radius 2 is 2.08 bits per heavy atom. The van der Waals surface area contributed by atoms with Gasteiger partial charge in [0.05, 0.1) is 13.2 Å². The summed E-state index contributed by atoms with van der Waals surface area (Å²) in [6, 6.07) is 8.10. The van der Waals surface area contributed by atoms with E-state index < -0.39 is 0 Å². The zero-order valence-corrected chi connectivity index (χ0v) is 16.7. The van der Waals surface area contributed by atoms with Crippen molar-refractivity contribution in [2.75, 3.05) is 20.2 Å². The van der Waals surface area contributed by atoms with Crippen LogP contribution >= 0.6 is 24.0 Å². The standard InChI is InChI=1S/C16H24N6O.HI/c1-4-23-14-8-6-5-7-13(14)9-10-18-16(17-2)19-11-15-20-12-21-22(15)3;/h5-8,12H,4,9-11H2,1-3H3,(H2,17,18,19);1H. The second kappa shape index (κ2) is 10.8. The number of halogens is 1. The summed E-state index contributed by atoms with van der Waals surface area (Å²) in [6.45, 7) is 4.01. The lowest BCUT2D eigenvalue weighted by Gasteiger charge is -2.13. The van der Waals surface area contributed by atoms with E-state index in [1.54, 1.807) is 11.7 Å². The van der Waals surface area contributed by atoms with E-state index in [-0.39, 0.29) is 24.0 Å². The molecule has 1 aromatic carbocycles. The average Bonchev–Trinajstić information content (AvgIpc) is 2.97. The Bertz CT molecular complexity index is 643. The van der Waals surface area contributed by atoms with E-state index in [2.05, 4.69) is 31.8 Å². The molecule has 7 nitrogen and oxygen atoms in total. The number of aliphatic imine (C=N–C) groups is 1. The minimum atomic E-state index is 0. The molecule has 0 atom stereocenters. The van der Waals surface area contributed by atoms with Crippen molar-refractivity contribution in [3.05, 3.63) is 42.0 Å². The van der Waals surface area contributed by atoms with Crippen molar-refractivity contribution in [2.24, 2.45) is 12.0 Å². The third-order valence-electron chi connectivity index (χ3n) is 3.40. The number of ether oxygens (including phenoxy) is 1. The zero-order chi connectivity index (χ0) is 16.5. The van der Waals surface area contributed by atoms with Crippen LogP contribution in [0, 0.1) is 0 Å². The third-order valence-corrected chi connectivity index (χ3v) is 3.40. The molecule has 2 rings (SSSR count). The molecule has 8 heteroatoms. The van der Waals surface area contributed by atoms with Crippen LogP contribution in [-0.2, 0) is 20.0 Å². The maximum Gasteiger partial charge on any atom is 0.191 e. The Balaban J connectivity index is 0.00000288. The molecule has 0 saturated carbocycles. The fourth-order valence-electron chi connectivity index (χ4n) is 2.19. The number of hydrogen-bond acceptors (Lipinski definition) is 4. The molecule has 0 bridgehead atoms. The summed E-state index contributed by atoms with van der Waals surface area (Å²) >= 11 is 0. The first-order valence-electron chi connectivity index (χ1n) is 7.72. The predicted octanol–water partition coefficient (Wildman–Crippen LogP) is 1.74. The van der Waals surface area contributed by atoms with Gasteiger partial charge >= 0.3 is 0 Å². The molecule has 2 aromatic rings. The highest BCUT2D eigenvalue weighted by atomic mass is 127. The van der Waals surface area contributed by atoms with Crippen LogP contribution in [-0.4, -0.2) is 40.9 Å². The van der Waals surface area contributed by atoms with Gasteiger partial charge in [0.15, 0.2) is 5.96 Å². The molecular weight excluding hydrogens is 419 g/mol. The van der Waals surface area contributed by atoms with Crippen molar-refractivity contribution >= 4 is 29.9 Å². The minimum absolute atomic E-state index is 0. The Labute approximate surface area is 159 Å². The van der Waals surface area contributed by atoms with E-state index in [4.69, 9.17) is 4.74 Å². The molecule has 2 N–H and O–H groups in total. The molecule has 132 valence electrons. The summed E-state index contributed by atoms with van der Waals surface area (Å²) in [4.78, 5) is 8.38. The van der Waals surface area contributed by atoms with Crippen LogP contribution in [0.4, 0.5) is 0 Å². The van der Waals surface area contributed by atoms with Gasteiger partial charge in [0.25, 0.3) is 0 Å². The summed E-state index contributed by atoms with van der Waals surface area (Å²) in [5, 5.41) is 10.6. The number of aromatic nitrogens is 3. The number of guanidine groups is 1. The molecule has 0 aliphatic rings. The highest BCUT2D eigenvalue weighted by Crippen LogP contribution is 2.17. The lowest BCUT2D eigenvalue weighted by Crippen LogP contribution is -2.38. The first-order valence-corrected chi connectivity index (χ1v) is 7.72. The Kier molecular flexibility index (Phi) is 9.13. The minimum Gasteiger partial charge on any atom is -0.494 e. The van der Waals surface area contributed by atoms with Gasteiger partial charge in [-0.3, -0.25) is 9.67 Å². The van der Waals surface area contributed by atoms with Crippen LogP contribution in [0.5, 0.6) is 5.75 Å². The van der Waals surface area contributed by atoms with Crippen molar-refractivity contribution in [1.29, 1.82) is 0 Å². The summed E-state index contributed by atoms with van der Waals surface area (Å²) in [5.74, 6) is 2.54.